The third kappa shape index (κ3) is 9.39. The van der Waals surface area contributed by atoms with Crippen molar-refractivity contribution < 1.29 is 44.3 Å². The molecule has 0 bridgehead atoms. The summed E-state index contributed by atoms with van der Waals surface area (Å²) < 4.78 is 96.6. The quantitative estimate of drug-likeness (QED) is 0.370. The molecule has 236 valence electrons. The first-order chi connectivity index (χ1) is 20.1. The SMILES string of the molecule is O=C1[C@@H](NS(=O)(=O)C=Cc2ccc(Cl)s2)CCCN1CC(=O)N1CCC[C@@H]1CNS(=O)(=O)c1ccc(OC(F)(F)F)cc1. The fourth-order valence-corrected chi connectivity index (χ4v) is 7.90. The third-order valence-electron chi connectivity index (χ3n) is 6.74. The molecule has 2 aliphatic heterocycles. The summed E-state index contributed by atoms with van der Waals surface area (Å²) in [6, 6.07) is 5.44. The van der Waals surface area contributed by atoms with Crippen molar-refractivity contribution >= 4 is 60.9 Å². The molecule has 2 aromatic rings. The van der Waals surface area contributed by atoms with Gasteiger partial charge in [-0.3, -0.25) is 9.59 Å². The van der Waals surface area contributed by atoms with Gasteiger partial charge >= 0.3 is 6.36 Å². The fraction of sp³-hybridized carbons (Fsp3) is 0.440. The number of alkyl halides is 3. The van der Waals surface area contributed by atoms with E-state index in [1.807, 2.05) is 0 Å². The second-order valence-corrected chi connectivity index (χ2v) is 14.9. The molecule has 2 fully saturated rings. The number of piperidine rings is 1. The molecule has 43 heavy (non-hydrogen) atoms. The smallest absolute Gasteiger partial charge is 0.406 e. The molecular formula is C25H28ClF3N4O7S3. The zero-order valence-corrected chi connectivity index (χ0v) is 25.6. The molecule has 4 rings (SSSR count). The van der Waals surface area contributed by atoms with Crippen LogP contribution in [-0.4, -0.2) is 83.1 Å². The number of likely N-dealkylation sites (tertiary alicyclic amines) is 2. The summed E-state index contributed by atoms with van der Waals surface area (Å²) in [5.74, 6) is -1.52. The van der Waals surface area contributed by atoms with E-state index in [1.165, 1.54) is 27.2 Å². The maximum Gasteiger partial charge on any atom is 0.573 e. The number of carbonyl (C=O) groups is 2. The van der Waals surface area contributed by atoms with Crippen molar-refractivity contribution in [3.63, 3.8) is 0 Å². The highest BCUT2D eigenvalue weighted by Crippen LogP contribution is 2.25. The Bertz CT molecular complexity index is 1560. The van der Waals surface area contributed by atoms with Gasteiger partial charge in [0.05, 0.1) is 15.8 Å². The second kappa shape index (κ2) is 13.5. The molecule has 2 aliphatic rings. The normalized spacial score (nSPS) is 20.2. The zero-order chi connectivity index (χ0) is 31.4. The van der Waals surface area contributed by atoms with Crippen molar-refractivity contribution in [1.29, 1.82) is 0 Å². The van der Waals surface area contributed by atoms with Crippen LogP contribution in [0.4, 0.5) is 13.2 Å². The molecule has 2 atom stereocenters. The molecule has 0 saturated carbocycles. The maximum atomic E-state index is 13.2. The van der Waals surface area contributed by atoms with Crippen LogP contribution in [0.15, 0.2) is 46.7 Å². The van der Waals surface area contributed by atoms with Crippen LogP contribution in [-0.2, 0) is 29.6 Å². The lowest BCUT2D eigenvalue weighted by molar-refractivity contribution is -0.274. The highest BCUT2D eigenvalue weighted by molar-refractivity contribution is 7.92. The summed E-state index contributed by atoms with van der Waals surface area (Å²) in [6.45, 7) is 0.146. The van der Waals surface area contributed by atoms with Gasteiger partial charge in [0, 0.05) is 36.0 Å². The topological polar surface area (TPSA) is 142 Å². The van der Waals surface area contributed by atoms with Gasteiger partial charge in [-0.05, 0) is 68.2 Å². The minimum Gasteiger partial charge on any atom is -0.406 e. The van der Waals surface area contributed by atoms with Gasteiger partial charge in [0.1, 0.15) is 11.8 Å². The summed E-state index contributed by atoms with van der Waals surface area (Å²) in [5.41, 5.74) is 0. The number of hydrogen-bond donors (Lipinski definition) is 2. The van der Waals surface area contributed by atoms with Gasteiger partial charge in [-0.2, -0.15) is 4.72 Å². The Morgan fingerprint density at radius 1 is 1.07 bits per heavy atom. The van der Waals surface area contributed by atoms with Crippen molar-refractivity contribution in [1.82, 2.24) is 19.2 Å². The number of sulfonamides is 2. The number of thiophene rings is 1. The van der Waals surface area contributed by atoms with Gasteiger partial charge in [-0.1, -0.05) is 11.6 Å². The van der Waals surface area contributed by atoms with Crippen molar-refractivity contribution in [2.45, 2.75) is 49.0 Å². The van der Waals surface area contributed by atoms with Crippen molar-refractivity contribution in [2.24, 2.45) is 0 Å². The van der Waals surface area contributed by atoms with Crippen LogP contribution in [0.25, 0.3) is 6.08 Å². The number of rotatable bonds is 11. The van der Waals surface area contributed by atoms with E-state index in [1.54, 1.807) is 12.1 Å². The number of halogens is 4. The van der Waals surface area contributed by atoms with Crippen molar-refractivity contribution in [3.05, 3.63) is 51.0 Å². The predicted molar refractivity (Wildman–Crippen MR) is 153 cm³/mol. The number of carbonyl (C=O) groups excluding carboxylic acids is 2. The first kappa shape index (κ1) is 33.2. The summed E-state index contributed by atoms with van der Waals surface area (Å²) in [5, 5.41) is 0.951. The van der Waals surface area contributed by atoms with Crippen molar-refractivity contribution in [2.75, 3.05) is 26.2 Å². The molecular weight excluding hydrogens is 657 g/mol. The van der Waals surface area contributed by atoms with Gasteiger partial charge in [-0.15, -0.1) is 24.5 Å². The molecule has 1 aromatic heterocycles. The lowest BCUT2D eigenvalue weighted by atomic mass is 10.1. The third-order valence-corrected chi connectivity index (χ3v) is 10.5. The Morgan fingerprint density at radius 3 is 2.42 bits per heavy atom. The van der Waals surface area contributed by atoms with E-state index in [4.69, 9.17) is 11.6 Å². The summed E-state index contributed by atoms with van der Waals surface area (Å²) in [4.78, 5) is 29.3. The molecule has 2 saturated heterocycles. The Balaban J connectivity index is 1.32. The van der Waals surface area contributed by atoms with Crippen molar-refractivity contribution in [3.8, 4) is 5.75 Å². The molecule has 11 nitrogen and oxygen atoms in total. The van der Waals surface area contributed by atoms with Crippen LogP contribution in [0, 0.1) is 0 Å². The number of ether oxygens (including phenoxy) is 1. The van der Waals surface area contributed by atoms with Crippen LogP contribution in [0.1, 0.15) is 30.6 Å². The largest absolute Gasteiger partial charge is 0.573 e. The minimum atomic E-state index is -4.91. The van der Waals surface area contributed by atoms with E-state index in [-0.39, 0.29) is 31.0 Å². The highest BCUT2D eigenvalue weighted by Gasteiger charge is 2.36. The second-order valence-electron chi connectivity index (χ2n) is 9.82. The summed E-state index contributed by atoms with van der Waals surface area (Å²) >= 11 is 7.05. The molecule has 0 unspecified atom stereocenters. The van der Waals surface area contributed by atoms with E-state index >= 15 is 0 Å². The molecule has 0 spiro atoms. The molecule has 0 radical (unpaired) electrons. The Kier molecular flexibility index (Phi) is 10.4. The van der Waals surface area contributed by atoms with Crippen LogP contribution in [0.2, 0.25) is 4.34 Å². The van der Waals surface area contributed by atoms with Gasteiger partial charge < -0.3 is 14.5 Å². The van der Waals surface area contributed by atoms with Crippen LogP contribution < -0.4 is 14.2 Å². The van der Waals surface area contributed by atoms with Gasteiger partial charge in [0.2, 0.25) is 31.9 Å². The van der Waals surface area contributed by atoms with Gasteiger partial charge in [0.25, 0.3) is 0 Å². The Hall–Kier alpha value is -2.70. The Morgan fingerprint density at radius 2 is 1.77 bits per heavy atom. The van der Waals surface area contributed by atoms with Crippen LogP contribution >= 0.6 is 22.9 Å². The average molecular weight is 685 g/mol. The standard InChI is InChI=1S/C25H28ClF3N4O7S3/c26-22-10-7-19(41-22)11-14-42(36,37)31-21-4-2-12-32(24(21)35)16-23(34)33-13-1-3-17(33)15-30-43(38,39)20-8-5-18(6-9-20)40-25(27,28)29/h5-11,14,17,21,30-31H,1-4,12-13,15-16H2/t17-,21+/m1/s1. The van der Waals surface area contributed by atoms with Crippen LogP contribution in [0.3, 0.4) is 0 Å². The fourth-order valence-electron chi connectivity index (χ4n) is 4.76. The number of nitrogens with one attached hydrogen (secondary N) is 2. The first-order valence-corrected chi connectivity index (χ1v) is 17.2. The predicted octanol–water partition coefficient (Wildman–Crippen LogP) is 3.15. The lowest BCUT2D eigenvalue weighted by Gasteiger charge is -2.34. The van der Waals surface area contributed by atoms with E-state index in [9.17, 15) is 39.6 Å². The monoisotopic (exact) mass is 684 g/mol. The van der Waals surface area contributed by atoms with E-state index in [0.29, 0.717) is 35.0 Å². The Labute approximate surface area is 255 Å². The van der Waals surface area contributed by atoms with E-state index in [0.717, 1.165) is 29.7 Å². The van der Waals surface area contributed by atoms with E-state index in [2.05, 4.69) is 14.2 Å². The lowest BCUT2D eigenvalue weighted by Crippen LogP contribution is -2.55. The zero-order valence-electron chi connectivity index (χ0n) is 22.4. The highest BCUT2D eigenvalue weighted by atomic mass is 35.5. The molecule has 3 heterocycles. The molecule has 2 amide bonds. The maximum absolute atomic E-state index is 13.2. The molecule has 18 heteroatoms. The van der Waals surface area contributed by atoms with Gasteiger partial charge in [-0.25, -0.2) is 21.6 Å². The molecule has 2 N–H and O–H groups in total. The average Bonchev–Trinajstić information content (AvgIpc) is 3.57. The molecule has 1 aromatic carbocycles. The van der Waals surface area contributed by atoms with Crippen LogP contribution in [0.5, 0.6) is 5.75 Å². The summed E-state index contributed by atoms with van der Waals surface area (Å²) in [6.07, 6.45) is -1.73. The number of benzene rings is 1. The first-order valence-electron chi connectivity index (χ1n) is 13.0. The number of hydrogen-bond acceptors (Lipinski definition) is 8. The van der Waals surface area contributed by atoms with E-state index < -0.39 is 56.1 Å². The minimum absolute atomic E-state index is 0.146. The summed E-state index contributed by atoms with van der Waals surface area (Å²) in [7, 11) is -8.07. The molecule has 0 aliphatic carbocycles. The number of nitrogens with zero attached hydrogens (tertiary/aromatic N) is 2. The van der Waals surface area contributed by atoms with Gasteiger partial charge in [0.15, 0.2) is 0 Å². The number of amides is 2.